The zero-order chi connectivity index (χ0) is 16.4. The maximum atomic E-state index is 13.0. The Balaban J connectivity index is 1.86. The second-order valence-corrected chi connectivity index (χ2v) is 8.01. The Morgan fingerprint density at radius 3 is 2.70 bits per heavy atom. The summed E-state index contributed by atoms with van der Waals surface area (Å²) in [6, 6.07) is 3.80. The Morgan fingerprint density at radius 1 is 1.26 bits per heavy atom. The molecule has 0 spiro atoms. The molecule has 0 amide bonds. The Labute approximate surface area is 138 Å². The minimum atomic E-state index is -3.44. The fourth-order valence-corrected chi connectivity index (χ4v) is 4.98. The van der Waals surface area contributed by atoms with E-state index in [-0.39, 0.29) is 6.04 Å². The van der Waals surface area contributed by atoms with Gasteiger partial charge < -0.3 is 9.64 Å². The molecule has 23 heavy (non-hydrogen) atoms. The van der Waals surface area contributed by atoms with Crippen molar-refractivity contribution in [2.45, 2.75) is 18.9 Å². The van der Waals surface area contributed by atoms with Gasteiger partial charge in [0.1, 0.15) is 5.82 Å². The molecule has 2 saturated heterocycles. The van der Waals surface area contributed by atoms with Crippen molar-refractivity contribution in [1.29, 1.82) is 0 Å². The quantitative estimate of drug-likeness (QED) is 0.813. The summed E-state index contributed by atoms with van der Waals surface area (Å²) in [7, 11) is 0.428. The first kappa shape index (κ1) is 16.6. The van der Waals surface area contributed by atoms with Crippen LogP contribution in [0.15, 0.2) is 18.3 Å². The lowest BCUT2D eigenvalue weighted by Crippen LogP contribution is -2.48. The summed E-state index contributed by atoms with van der Waals surface area (Å²) in [5, 5.41) is 0. The van der Waals surface area contributed by atoms with Gasteiger partial charge in [-0.25, -0.2) is 4.98 Å². The Bertz CT molecular complexity index is 644. The van der Waals surface area contributed by atoms with Crippen LogP contribution in [0, 0.1) is 0 Å². The lowest BCUT2D eigenvalue weighted by Gasteiger charge is -2.33. The van der Waals surface area contributed by atoms with Crippen molar-refractivity contribution in [2.75, 3.05) is 51.8 Å². The predicted molar refractivity (Wildman–Crippen MR) is 88.6 cm³/mol. The Kier molecular flexibility index (Phi) is 4.86. The van der Waals surface area contributed by atoms with E-state index >= 15 is 0 Å². The molecule has 1 atom stereocenters. The van der Waals surface area contributed by atoms with Crippen LogP contribution in [0.5, 0.6) is 0 Å². The molecular formula is C15H24N4O3S. The van der Waals surface area contributed by atoms with Gasteiger partial charge in [0.25, 0.3) is 10.2 Å². The fourth-order valence-electron chi connectivity index (χ4n) is 3.16. The summed E-state index contributed by atoms with van der Waals surface area (Å²) >= 11 is 0. The van der Waals surface area contributed by atoms with E-state index in [1.54, 1.807) is 14.8 Å². The molecule has 2 fully saturated rings. The number of ether oxygens (including phenoxy) is 1. The summed E-state index contributed by atoms with van der Waals surface area (Å²) in [6.07, 6.45) is 3.48. The molecule has 1 aromatic rings. The van der Waals surface area contributed by atoms with Crippen LogP contribution in [0.3, 0.4) is 0 Å². The number of anilines is 1. The van der Waals surface area contributed by atoms with Crippen molar-refractivity contribution < 1.29 is 13.2 Å². The maximum Gasteiger partial charge on any atom is 0.282 e. The van der Waals surface area contributed by atoms with Crippen LogP contribution in [0.2, 0.25) is 0 Å². The Morgan fingerprint density at radius 2 is 2.00 bits per heavy atom. The molecule has 0 saturated carbocycles. The average Bonchev–Trinajstić information content (AvgIpc) is 3.06. The molecule has 1 unspecified atom stereocenters. The van der Waals surface area contributed by atoms with Crippen LogP contribution in [-0.2, 0) is 14.9 Å². The van der Waals surface area contributed by atoms with Gasteiger partial charge in [-0.15, -0.1) is 0 Å². The largest absolute Gasteiger partial charge is 0.379 e. The number of aromatic nitrogens is 1. The first-order valence-corrected chi connectivity index (χ1v) is 9.38. The fraction of sp³-hybridized carbons (Fsp3) is 0.667. The SMILES string of the molecule is CN(C)c1cc(C2CCCN2S(=O)(=O)N2CCOCC2)ccn1. The van der Waals surface area contributed by atoms with Crippen molar-refractivity contribution in [3.05, 3.63) is 23.9 Å². The van der Waals surface area contributed by atoms with Gasteiger partial charge in [-0.3, -0.25) is 0 Å². The molecule has 8 heteroatoms. The van der Waals surface area contributed by atoms with E-state index in [4.69, 9.17) is 4.74 Å². The van der Waals surface area contributed by atoms with Gasteiger partial charge in [-0.05, 0) is 30.5 Å². The summed E-state index contributed by atoms with van der Waals surface area (Å²) in [5.74, 6) is 0.845. The average molecular weight is 340 g/mol. The van der Waals surface area contributed by atoms with E-state index in [0.29, 0.717) is 32.8 Å². The lowest BCUT2D eigenvalue weighted by molar-refractivity contribution is 0.0699. The number of morpholine rings is 1. The van der Waals surface area contributed by atoms with Gasteiger partial charge in [0.15, 0.2) is 0 Å². The third kappa shape index (κ3) is 3.35. The molecule has 0 bridgehead atoms. The molecule has 0 aromatic carbocycles. The van der Waals surface area contributed by atoms with E-state index in [2.05, 4.69) is 4.98 Å². The molecule has 128 valence electrons. The number of hydrogen-bond acceptors (Lipinski definition) is 5. The van der Waals surface area contributed by atoms with Gasteiger partial charge in [0, 0.05) is 39.9 Å². The second-order valence-electron chi connectivity index (χ2n) is 6.13. The molecule has 0 aliphatic carbocycles. The van der Waals surface area contributed by atoms with Crippen LogP contribution < -0.4 is 4.90 Å². The maximum absolute atomic E-state index is 13.0. The first-order chi connectivity index (χ1) is 11.0. The van der Waals surface area contributed by atoms with E-state index in [1.807, 2.05) is 31.1 Å². The van der Waals surface area contributed by atoms with E-state index in [9.17, 15) is 8.42 Å². The smallest absolute Gasteiger partial charge is 0.282 e. The van der Waals surface area contributed by atoms with Crippen molar-refractivity contribution in [3.8, 4) is 0 Å². The van der Waals surface area contributed by atoms with Crippen molar-refractivity contribution >= 4 is 16.0 Å². The second kappa shape index (κ2) is 6.72. The zero-order valence-corrected chi connectivity index (χ0v) is 14.5. The summed E-state index contributed by atoms with van der Waals surface area (Å²) in [5.41, 5.74) is 1.01. The Hall–Kier alpha value is -1.22. The van der Waals surface area contributed by atoms with Gasteiger partial charge in [0.2, 0.25) is 0 Å². The third-order valence-electron chi connectivity index (χ3n) is 4.41. The lowest BCUT2D eigenvalue weighted by atomic mass is 10.1. The molecule has 3 heterocycles. The van der Waals surface area contributed by atoms with Gasteiger partial charge in [-0.2, -0.15) is 17.0 Å². The number of rotatable bonds is 4. The molecule has 3 rings (SSSR count). The minimum absolute atomic E-state index is 0.107. The summed E-state index contributed by atoms with van der Waals surface area (Å²) in [6.45, 7) is 2.38. The minimum Gasteiger partial charge on any atom is -0.379 e. The predicted octanol–water partition coefficient (Wildman–Crippen LogP) is 0.861. The zero-order valence-electron chi connectivity index (χ0n) is 13.7. The highest BCUT2D eigenvalue weighted by molar-refractivity contribution is 7.86. The summed E-state index contributed by atoms with van der Waals surface area (Å²) < 4.78 is 34.4. The van der Waals surface area contributed by atoms with Crippen LogP contribution in [0.25, 0.3) is 0 Å². The third-order valence-corrected chi connectivity index (χ3v) is 6.46. The highest BCUT2D eigenvalue weighted by Crippen LogP contribution is 2.36. The molecule has 7 nitrogen and oxygen atoms in total. The number of hydrogen-bond donors (Lipinski definition) is 0. The topological polar surface area (TPSA) is 66.0 Å². The van der Waals surface area contributed by atoms with Gasteiger partial charge in [-0.1, -0.05) is 0 Å². The highest BCUT2D eigenvalue weighted by Gasteiger charge is 2.39. The van der Waals surface area contributed by atoms with Crippen molar-refractivity contribution in [2.24, 2.45) is 0 Å². The molecule has 2 aliphatic rings. The van der Waals surface area contributed by atoms with Crippen LogP contribution in [0.1, 0.15) is 24.4 Å². The van der Waals surface area contributed by atoms with Crippen LogP contribution in [0.4, 0.5) is 5.82 Å². The number of nitrogens with zero attached hydrogens (tertiary/aromatic N) is 4. The monoisotopic (exact) mass is 340 g/mol. The molecule has 0 N–H and O–H groups in total. The van der Waals surface area contributed by atoms with Crippen molar-refractivity contribution in [1.82, 2.24) is 13.6 Å². The number of pyridine rings is 1. The summed E-state index contributed by atoms with van der Waals surface area (Å²) in [4.78, 5) is 6.25. The van der Waals surface area contributed by atoms with Gasteiger partial charge in [0.05, 0.1) is 19.3 Å². The van der Waals surface area contributed by atoms with Crippen molar-refractivity contribution in [3.63, 3.8) is 0 Å². The molecular weight excluding hydrogens is 316 g/mol. The van der Waals surface area contributed by atoms with E-state index in [1.165, 1.54) is 0 Å². The molecule has 2 aliphatic heterocycles. The molecule has 1 aromatic heterocycles. The van der Waals surface area contributed by atoms with Crippen LogP contribution in [-0.4, -0.2) is 69.0 Å². The van der Waals surface area contributed by atoms with Crippen LogP contribution >= 0.6 is 0 Å². The standard InChI is InChI=1S/C15H24N4O3S/c1-17(2)15-12-13(5-6-16-15)14-4-3-7-19(14)23(20,21)18-8-10-22-11-9-18/h5-6,12,14H,3-4,7-11H2,1-2H3. The highest BCUT2D eigenvalue weighted by atomic mass is 32.2. The first-order valence-electron chi connectivity index (χ1n) is 7.98. The molecule has 0 radical (unpaired) electrons. The van der Waals surface area contributed by atoms with Gasteiger partial charge >= 0.3 is 0 Å². The van der Waals surface area contributed by atoms with E-state index in [0.717, 1.165) is 24.2 Å². The van der Waals surface area contributed by atoms with E-state index < -0.39 is 10.2 Å². The normalized spacial score (nSPS) is 24.0.